The third-order valence-electron chi connectivity index (χ3n) is 0.985. The molecule has 4 nitrogen and oxygen atoms in total. The van der Waals surface area contributed by atoms with Gasteiger partial charge in [-0.15, -0.1) is 0 Å². The highest BCUT2D eigenvalue weighted by Crippen LogP contribution is 1.95. The molecule has 0 radical (unpaired) electrons. The molecule has 0 saturated heterocycles. The highest BCUT2D eigenvalue weighted by atomic mass is 16.6. The zero-order valence-electron chi connectivity index (χ0n) is 5.53. The van der Waals surface area contributed by atoms with Crippen LogP contribution in [0.5, 0.6) is 0 Å². The molecule has 1 aliphatic heterocycles. The topological polar surface area (TPSA) is 47.9 Å². The average molecular weight is 141 g/mol. The van der Waals surface area contributed by atoms with Crippen LogP contribution in [-0.4, -0.2) is 25.4 Å². The van der Waals surface area contributed by atoms with Crippen molar-refractivity contribution >= 4 is 11.7 Å². The maximum Gasteiger partial charge on any atom is 0.360 e. The minimum Gasteiger partial charge on any atom is -0.457 e. The number of rotatable bonds is 1. The standard InChI is InChI=1S/C6H7NO3/c1-9-7-5-3-2-4-10-6(5)8/h2-3H,4H2,1H3. The van der Waals surface area contributed by atoms with Gasteiger partial charge in [0.25, 0.3) is 0 Å². The predicted molar refractivity (Wildman–Crippen MR) is 34.5 cm³/mol. The second-order valence-corrected chi connectivity index (χ2v) is 1.66. The molecular formula is C6H7NO3. The normalized spacial score (nSPS) is 20.9. The summed E-state index contributed by atoms with van der Waals surface area (Å²) in [7, 11) is 1.38. The van der Waals surface area contributed by atoms with Crippen LogP contribution in [0.4, 0.5) is 0 Å². The molecule has 1 aliphatic rings. The highest BCUT2D eigenvalue weighted by Gasteiger charge is 2.13. The van der Waals surface area contributed by atoms with E-state index in [0.717, 1.165) is 0 Å². The minimum atomic E-state index is -0.440. The zero-order valence-corrected chi connectivity index (χ0v) is 5.53. The molecule has 0 aromatic rings. The second-order valence-electron chi connectivity index (χ2n) is 1.66. The van der Waals surface area contributed by atoms with E-state index in [1.807, 2.05) is 0 Å². The summed E-state index contributed by atoms with van der Waals surface area (Å²) in [6.07, 6.45) is 3.26. The monoisotopic (exact) mass is 141 g/mol. The van der Waals surface area contributed by atoms with E-state index in [0.29, 0.717) is 6.61 Å². The van der Waals surface area contributed by atoms with Crippen LogP contribution >= 0.6 is 0 Å². The third-order valence-corrected chi connectivity index (χ3v) is 0.985. The Bertz CT molecular complexity index is 195. The van der Waals surface area contributed by atoms with E-state index in [2.05, 4.69) is 14.7 Å². The first kappa shape index (κ1) is 6.80. The van der Waals surface area contributed by atoms with Crippen molar-refractivity contribution < 1.29 is 14.4 Å². The minimum absolute atomic E-state index is 0.203. The molecular weight excluding hydrogens is 134 g/mol. The average Bonchev–Trinajstić information content (AvgIpc) is 1.94. The molecule has 0 amide bonds. The summed E-state index contributed by atoms with van der Waals surface area (Å²) in [6.45, 7) is 0.321. The van der Waals surface area contributed by atoms with Gasteiger partial charge in [0.1, 0.15) is 13.7 Å². The molecule has 0 N–H and O–H groups in total. The fourth-order valence-electron chi connectivity index (χ4n) is 0.592. The van der Waals surface area contributed by atoms with Crippen molar-refractivity contribution in [2.75, 3.05) is 13.7 Å². The Labute approximate surface area is 58.1 Å². The van der Waals surface area contributed by atoms with Crippen LogP contribution < -0.4 is 0 Å². The van der Waals surface area contributed by atoms with E-state index in [-0.39, 0.29) is 5.71 Å². The molecule has 0 saturated carbocycles. The lowest BCUT2D eigenvalue weighted by Crippen LogP contribution is -2.19. The summed E-state index contributed by atoms with van der Waals surface area (Å²) in [6, 6.07) is 0. The smallest absolute Gasteiger partial charge is 0.360 e. The molecule has 0 aromatic carbocycles. The van der Waals surface area contributed by atoms with Crippen molar-refractivity contribution in [1.29, 1.82) is 0 Å². The third kappa shape index (κ3) is 1.34. The van der Waals surface area contributed by atoms with Gasteiger partial charge in [0.2, 0.25) is 0 Å². The fourth-order valence-corrected chi connectivity index (χ4v) is 0.592. The van der Waals surface area contributed by atoms with E-state index in [1.54, 1.807) is 12.2 Å². The largest absolute Gasteiger partial charge is 0.457 e. The van der Waals surface area contributed by atoms with Crippen LogP contribution in [0.1, 0.15) is 0 Å². The molecule has 0 fully saturated rings. The van der Waals surface area contributed by atoms with E-state index < -0.39 is 5.97 Å². The van der Waals surface area contributed by atoms with E-state index in [9.17, 15) is 4.79 Å². The summed E-state index contributed by atoms with van der Waals surface area (Å²) >= 11 is 0. The van der Waals surface area contributed by atoms with E-state index in [4.69, 9.17) is 0 Å². The fraction of sp³-hybridized carbons (Fsp3) is 0.333. The first-order valence-electron chi connectivity index (χ1n) is 2.79. The Morgan fingerprint density at radius 1 is 1.80 bits per heavy atom. The van der Waals surface area contributed by atoms with Crippen LogP contribution in [0.25, 0.3) is 0 Å². The van der Waals surface area contributed by atoms with Crippen molar-refractivity contribution in [3.63, 3.8) is 0 Å². The van der Waals surface area contributed by atoms with Gasteiger partial charge >= 0.3 is 5.97 Å². The van der Waals surface area contributed by atoms with Crippen LogP contribution in [0.2, 0.25) is 0 Å². The quantitative estimate of drug-likeness (QED) is 0.384. The Morgan fingerprint density at radius 2 is 2.60 bits per heavy atom. The Morgan fingerprint density at radius 3 is 3.20 bits per heavy atom. The van der Waals surface area contributed by atoms with E-state index >= 15 is 0 Å². The van der Waals surface area contributed by atoms with Gasteiger partial charge in [-0.25, -0.2) is 4.79 Å². The van der Waals surface area contributed by atoms with Crippen molar-refractivity contribution in [2.45, 2.75) is 0 Å². The molecule has 0 aliphatic carbocycles. The SMILES string of the molecule is CON=C1C=CCOC1=O. The highest BCUT2D eigenvalue weighted by molar-refractivity contribution is 6.41. The maximum atomic E-state index is 10.7. The van der Waals surface area contributed by atoms with Crippen molar-refractivity contribution in [3.05, 3.63) is 12.2 Å². The van der Waals surface area contributed by atoms with Gasteiger partial charge in [0, 0.05) is 0 Å². The predicted octanol–water partition coefficient (Wildman–Crippen LogP) is 0.102. The van der Waals surface area contributed by atoms with Gasteiger partial charge < -0.3 is 9.57 Å². The summed E-state index contributed by atoms with van der Waals surface area (Å²) in [5.74, 6) is -0.440. The summed E-state index contributed by atoms with van der Waals surface area (Å²) in [5, 5.41) is 3.42. The lowest BCUT2D eigenvalue weighted by molar-refractivity contribution is -0.134. The first-order valence-corrected chi connectivity index (χ1v) is 2.79. The number of hydrogen-bond acceptors (Lipinski definition) is 4. The summed E-state index contributed by atoms with van der Waals surface area (Å²) in [5.41, 5.74) is 0.203. The summed E-state index contributed by atoms with van der Waals surface area (Å²) < 4.78 is 4.61. The van der Waals surface area contributed by atoms with Crippen molar-refractivity contribution in [1.82, 2.24) is 0 Å². The molecule has 1 rings (SSSR count). The molecule has 0 bridgehead atoms. The van der Waals surface area contributed by atoms with Gasteiger partial charge in [-0.1, -0.05) is 5.16 Å². The number of ether oxygens (including phenoxy) is 1. The zero-order chi connectivity index (χ0) is 7.40. The lowest BCUT2D eigenvalue weighted by atomic mass is 10.3. The molecule has 4 heteroatoms. The molecule has 0 spiro atoms. The number of nitrogens with zero attached hydrogens (tertiary/aromatic N) is 1. The Kier molecular flexibility index (Phi) is 2.04. The molecule has 0 aromatic heterocycles. The van der Waals surface area contributed by atoms with Gasteiger partial charge in [-0.3, -0.25) is 0 Å². The molecule has 0 atom stereocenters. The number of oxime groups is 1. The molecule has 1 heterocycles. The summed E-state index contributed by atoms with van der Waals surface area (Å²) in [4.78, 5) is 15.1. The number of carbonyl (C=O) groups excluding carboxylic acids is 1. The number of carbonyl (C=O) groups is 1. The number of esters is 1. The van der Waals surface area contributed by atoms with Gasteiger partial charge in [0.05, 0.1) is 0 Å². The second kappa shape index (κ2) is 3.00. The van der Waals surface area contributed by atoms with Gasteiger partial charge in [-0.05, 0) is 12.2 Å². The number of hydrogen-bond donors (Lipinski definition) is 0. The van der Waals surface area contributed by atoms with Crippen LogP contribution in [0, 0.1) is 0 Å². The van der Waals surface area contributed by atoms with Crippen LogP contribution in [-0.2, 0) is 14.4 Å². The van der Waals surface area contributed by atoms with Crippen molar-refractivity contribution in [3.8, 4) is 0 Å². The molecule has 54 valence electrons. The molecule has 0 unspecified atom stereocenters. The number of cyclic esters (lactones) is 1. The van der Waals surface area contributed by atoms with Crippen molar-refractivity contribution in [2.24, 2.45) is 5.16 Å². The van der Waals surface area contributed by atoms with Crippen LogP contribution in [0.15, 0.2) is 17.3 Å². The Balaban J connectivity index is 2.73. The van der Waals surface area contributed by atoms with Crippen LogP contribution in [0.3, 0.4) is 0 Å². The van der Waals surface area contributed by atoms with Gasteiger partial charge in [0.15, 0.2) is 5.71 Å². The van der Waals surface area contributed by atoms with Gasteiger partial charge in [-0.2, -0.15) is 0 Å². The molecule has 10 heavy (non-hydrogen) atoms. The lowest BCUT2D eigenvalue weighted by Gasteiger charge is -2.04. The first-order chi connectivity index (χ1) is 4.84. The maximum absolute atomic E-state index is 10.7. The Hall–Kier alpha value is -1.32. The van der Waals surface area contributed by atoms with E-state index in [1.165, 1.54) is 7.11 Å².